The highest BCUT2D eigenvalue weighted by Crippen LogP contribution is 2.22. The molecular weight excluding hydrogens is 238 g/mol. The van der Waals surface area contributed by atoms with Crippen LogP contribution in [0, 0.1) is 6.92 Å². The maximum absolute atomic E-state index is 9.04. The Morgan fingerprint density at radius 3 is 2.53 bits per heavy atom. The number of benzene rings is 2. The van der Waals surface area contributed by atoms with Gasteiger partial charge < -0.3 is 15.6 Å². The fourth-order valence-electron chi connectivity index (χ4n) is 1.91. The Morgan fingerprint density at radius 2 is 1.89 bits per heavy atom. The molecular formula is C16H19NO2. The SMILES string of the molecule is Cc1cc(C(N)CO)ccc1OCc1ccccc1. The highest BCUT2D eigenvalue weighted by molar-refractivity contribution is 5.37. The summed E-state index contributed by atoms with van der Waals surface area (Å²) in [4.78, 5) is 0. The average molecular weight is 257 g/mol. The molecule has 3 N–H and O–H groups in total. The lowest BCUT2D eigenvalue weighted by molar-refractivity contribution is 0.267. The Kier molecular flexibility index (Phi) is 4.55. The van der Waals surface area contributed by atoms with Crippen molar-refractivity contribution in [1.82, 2.24) is 0 Å². The lowest BCUT2D eigenvalue weighted by atomic mass is 10.1. The summed E-state index contributed by atoms with van der Waals surface area (Å²) < 4.78 is 5.79. The molecule has 0 heterocycles. The van der Waals surface area contributed by atoms with E-state index >= 15 is 0 Å². The quantitative estimate of drug-likeness (QED) is 0.865. The number of aliphatic hydroxyl groups is 1. The van der Waals surface area contributed by atoms with Crippen LogP contribution in [0.2, 0.25) is 0 Å². The first-order valence-electron chi connectivity index (χ1n) is 6.34. The Balaban J connectivity index is 2.05. The van der Waals surface area contributed by atoms with Gasteiger partial charge in [0, 0.05) is 0 Å². The maximum Gasteiger partial charge on any atom is 0.122 e. The molecule has 0 saturated heterocycles. The van der Waals surface area contributed by atoms with Crippen molar-refractivity contribution < 1.29 is 9.84 Å². The molecule has 3 heteroatoms. The Bertz CT molecular complexity index is 526. The smallest absolute Gasteiger partial charge is 0.122 e. The Morgan fingerprint density at radius 1 is 1.16 bits per heavy atom. The number of nitrogens with two attached hydrogens (primary N) is 1. The summed E-state index contributed by atoms with van der Waals surface area (Å²) in [6.45, 7) is 2.48. The molecule has 0 aliphatic rings. The largest absolute Gasteiger partial charge is 0.489 e. The van der Waals surface area contributed by atoms with Gasteiger partial charge in [-0.3, -0.25) is 0 Å². The van der Waals surface area contributed by atoms with Gasteiger partial charge in [0.15, 0.2) is 0 Å². The van der Waals surface area contributed by atoms with E-state index in [1.54, 1.807) is 0 Å². The fraction of sp³-hybridized carbons (Fsp3) is 0.250. The molecule has 2 aromatic carbocycles. The van der Waals surface area contributed by atoms with Crippen molar-refractivity contribution in [1.29, 1.82) is 0 Å². The number of rotatable bonds is 5. The molecule has 19 heavy (non-hydrogen) atoms. The van der Waals surface area contributed by atoms with Gasteiger partial charge in [-0.2, -0.15) is 0 Å². The average Bonchev–Trinajstić information content (AvgIpc) is 2.46. The molecule has 0 aliphatic heterocycles. The molecule has 0 amide bonds. The third-order valence-corrected chi connectivity index (χ3v) is 3.06. The molecule has 0 fully saturated rings. The predicted molar refractivity (Wildman–Crippen MR) is 76.0 cm³/mol. The molecule has 0 spiro atoms. The molecule has 0 radical (unpaired) electrons. The van der Waals surface area contributed by atoms with Crippen LogP contribution >= 0.6 is 0 Å². The van der Waals surface area contributed by atoms with E-state index in [1.165, 1.54) is 0 Å². The van der Waals surface area contributed by atoms with Crippen molar-refractivity contribution in [2.45, 2.75) is 19.6 Å². The van der Waals surface area contributed by atoms with Crippen molar-refractivity contribution in [2.75, 3.05) is 6.61 Å². The second kappa shape index (κ2) is 6.36. The Labute approximate surface area is 113 Å². The first kappa shape index (κ1) is 13.6. The second-order valence-electron chi connectivity index (χ2n) is 4.59. The zero-order chi connectivity index (χ0) is 13.7. The number of hydrogen-bond donors (Lipinski definition) is 2. The van der Waals surface area contributed by atoms with Gasteiger partial charge in [0.2, 0.25) is 0 Å². The van der Waals surface area contributed by atoms with Gasteiger partial charge in [0.25, 0.3) is 0 Å². The van der Waals surface area contributed by atoms with Crippen molar-refractivity contribution in [3.8, 4) is 5.75 Å². The highest BCUT2D eigenvalue weighted by Gasteiger charge is 2.07. The Hall–Kier alpha value is -1.84. The van der Waals surface area contributed by atoms with Gasteiger partial charge in [-0.25, -0.2) is 0 Å². The lowest BCUT2D eigenvalue weighted by Crippen LogP contribution is -2.14. The summed E-state index contributed by atoms with van der Waals surface area (Å²) >= 11 is 0. The standard InChI is InChI=1S/C16H19NO2/c1-12-9-14(15(17)10-18)7-8-16(12)19-11-13-5-3-2-4-6-13/h2-9,15,18H,10-11,17H2,1H3. The monoisotopic (exact) mass is 257 g/mol. The van der Waals surface area contributed by atoms with Gasteiger partial charge in [-0.1, -0.05) is 42.5 Å². The van der Waals surface area contributed by atoms with E-state index in [-0.39, 0.29) is 12.6 Å². The zero-order valence-corrected chi connectivity index (χ0v) is 11.0. The topological polar surface area (TPSA) is 55.5 Å². The summed E-state index contributed by atoms with van der Waals surface area (Å²) in [7, 11) is 0. The molecule has 0 aliphatic carbocycles. The van der Waals surface area contributed by atoms with E-state index in [4.69, 9.17) is 15.6 Å². The van der Waals surface area contributed by atoms with E-state index in [2.05, 4.69) is 0 Å². The molecule has 2 rings (SSSR count). The molecule has 2 aromatic rings. The first-order chi connectivity index (χ1) is 9.20. The van der Waals surface area contributed by atoms with Crippen LogP contribution < -0.4 is 10.5 Å². The summed E-state index contributed by atoms with van der Waals surface area (Å²) in [5.74, 6) is 0.845. The van der Waals surface area contributed by atoms with Gasteiger partial charge in [0.05, 0.1) is 12.6 Å². The van der Waals surface area contributed by atoms with Crippen LogP contribution in [0.25, 0.3) is 0 Å². The molecule has 1 unspecified atom stereocenters. The number of hydrogen-bond acceptors (Lipinski definition) is 3. The fourth-order valence-corrected chi connectivity index (χ4v) is 1.91. The van der Waals surface area contributed by atoms with Crippen LogP contribution in [0.3, 0.4) is 0 Å². The minimum atomic E-state index is -0.332. The predicted octanol–water partition coefficient (Wildman–Crippen LogP) is 2.57. The van der Waals surface area contributed by atoms with E-state index in [0.29, 0.717) is 6.61 Å². The molecule has 0 bridgehead atoms. The summed E-state index contributed by atoms with van der Waals surface area (Å²) in [5, 5.41) is 9.04. The summed E-state index contributed by atoms with van der Waals surface area (Å²) in [6.07, 6.45) is 0. The lowest BCUT2D eigenvalue weighted by Gasteiger charge is -2.13. The number of aliphatic hydroxyl groups excluding tert-OH is 1. The van der Waals surface area contributed by atoms with Crippen LogP contribution in [0.1, 0.15) is 22.7 Å². The normalized spacial score (nSPS) is 12.2. The third-order valence-electron chi connectivity index (χ3n) is 3.06. The van der Waals surface area contributed by atoms with Gasteiger partial charge in [-0.15, -0.1) is 0 Å². The molecule has 1 atom stereocenters. The van der Waals surface area contributed by atoms with Gasteiger partial charge in [0.1, 0.15) is 12.4 Å². The van der Waals surface area contributed by atoms with Crippen molar-refractivity contribution in [3.05, 3.63) is 65.2 Å². The maximum atomic E-state index is 9.04. The van der Waals surface area contributed by atoms with E-state index < -0.39 is 0 Å². The molecule has 0 saturated carbocycles. The van der Waals surface area contributed by atoms with Crippen LogP contribution in [-0.2, 0) is 6.61 Å². The summed E-state index contributed by atoms with van der Waals surface area (Å²) in [6, 6.07) is 15.5. The first-order valence-corrected chi connectivity index (χ1v) is 6.34. The van der Waals surface area contributed by atoms with Gasteiger partial charge in [-0.05, 0) is 29.7 Å². The van der Waals surface area contributed by atoms with Crippen LogP contribution in [0.15, 0.2) is 48.5 Å². The number of ether oxygens (including phenoxy) is 1. The highest BCUT2D eigenvalue weighted by atomic mass is 16.5. The second-order valence-corrected chi connectivity index (χ2v) is 4.59. The van der Waals surface area contributed by atoms with Crippen LogP contribution in [0.5, 0.6) is 5.75 Å². The van der Waals surface area contributed by atoms with Gasteiger partial charge >= 0.3 is 0 Å². The zero-order valence-electron chi connectivity index (χ0n) is 11.0. The van der Waals surface area contributed by atoms with Crippen molar-refractivity contribution >= 4 is 0 Å². The molecule has 0 aromatic heterocycles. The molecule has 3 nitrogen and oxygen atoms in total. The van der Waals surface area contributed by atoms with E-state index in [0.717, 1.165) is 22.4 Å². The van der Waals surface area contributed by atoms with Crippen molar-refractivity contribution in [3.63, 3.8) is 0 Å². The van der Waals surface area contributed by atoms with Crippen LogP contribution in [-0.4, -0.2) is 11.7 Å². The third kappa shape index (κ3) is 3.56. The van der Waals surface area contributed by atoms with Crippen LogP contribution in [0.4, 0.5) is 0 Å². The molecule has 100 valence electrons. The minimum Gasteiger partial charge on any atom is -0.489 e. The minimum absolute atomic E-state index is 0.0519. The van der Waals surface area contributed by atoms with E-state index in [9.17, 15) is 0 Å². The number of aryl methyl sites for hydroxylation is 1. The summed E-state index contributed by atoms with van der Waals surface area (Å²) in [5.41, 5.74) is 8.87. The van der Waals surface area contributed by atoms with Crippen molar-refractivity contribution in [2.24, 2.45) is 5.73 Å². The van der Waals surface area contributed by atoms with E-state index in [1.807, 2.05) is 55.5 Å².